The van der Waals surface area contributed by atoms with Gasteiger partial charge in [-0.3, -0.25) is 4.79 Å². The lowest BCUT2D eigenvalue weighted by Crippen LogP contribution is -2.32. The largest absolute Gasteiger partial charge is 0.328 e. The van der Waals surface area contributed by atoms with Crippen LogP contribution in [0.2, 0.25) is 0 Å². The maximum atomic E-state index is 12.2. The number of para-hydroxylation sites is 2. The van der Waals surface area contributed by atoms with Gasteiger partial charge in [0.1, 0.15) is 5.82 Å². The van der Waals surface area contributed by atoms with Crippen LogP contribution < -0.4 is 5.32 Å². The molecular formula is C17H25N3O. The lowest BCUT2D eigenvalue weighted by Gasteiger charge is -2.11. The summed E-state index contributed by atoms with van der Waals surface area (Å²) in [6, 6.07) is 8.47. The van der Waals surface area contributed by atoms with Crippen LogP contribution in [0.3, 0.4) is 0 Å². The summed E-state index contributed by atoms with van der Waals surface area (Å²) in [5.74, 6) is 1.08. The molecule has 0 fully saturated rings. The molecule has 2 aromatic rings. The van der Waals surface area contributed by atoms with Gasteiger partial charge in [0.15, 0.2) is 5.78 Å². The smallest absolute Gasteiger partial charge is 0.154 e. The highest BCUT2D eigenvalue weighted by atomic mass is 16.1. The van der Waals surface area contributed by atoms with E-state index in [4.69, 9.17) is 0 Å². The van der Waals surface area contributed by atoms with Gasteiger partial charge in [-0.2, -0.15) is 0 Å². The van der Waals surface area contributed by atoms with E-state index in [1.807, 2.05) is 18.2 Å². The number of Topliss-reactive ketones (excluding diaryl/α,β-unsaturated/α-hetero) is 1. The first-order valence-electron chi connectivity index (χ1n) is 7.84. The molecule has 4 nitrogen and oxygen atoms in total. The van der Waals surface area contributed by atoms with Gasteiger partial charge in [0.05, 0.1) is 24.0 Å². The Morgan fingerprint density at radius 2 is 2.10 bits per heavy atom. The number of nitrogens with zero attached hydrogens (tertiary/aromatic N) is 2. The Labute approximate surface area is 126 Å². The van der Waals surface area contributed by atoms with Crippen molar-refractivity contribution in [1.29, 1.82) is 0 Å². The number of aryl methyl sites for hydroxylation is 1. The number of imidazole rings is 1. The molecule has 21 heavy (non-hydrogen) atoms. The Kier molecular flexibility index (Phi) is 5.51. The summed E-state index contributed by atoms with van der Waals surface area (Å²) in [5, 5.41) is 3.25. The Hall–Kier alpha value is -1.68. The molecule has 1 N–H and O–H groups in total. The molecule has 0 radical (unpaired) electrons. The zero-order chi connectivity index (χ0) is 15.2. The molecular weight excluding hydrogens is 262 g/mol. The molecule has 1 heterocycles. The zero-order valence-electron chi connectivity index (χ0n) is 13.2. The van der Waals surface area contributed by atoms with Gasteiger partial charge >= 0.3 is 0 Å². The molecule has 1 atom stereocenters. The minimum atomic E-state index is 0.197. The Morgan fingerprint density at radius 1 is 1.33 bits per heavy atom. The molecule has 0 amide bonds. The van der Waals surface area contributed by atoms with Crippen molar-refractivity contribution >= 4 is 16.8 Å². The summed E-state index contributed by atoms with van der Waals surface area (Å²) in [5.41, 5.74) is 2.10. The quantitative estimate of drug-likeness (QED) is 0.812. The molecule has 0 saturated heterocycles. The van der Waals surface area contributed by atoms with Crippen LogP contribution in [0.1, 0.15) is 39.4 Å². The van der Waals surface area contributed by atoms with Crippen LogP contribution in [0.4, 0.5) is 0 Å². The van der Waals surface area contributed by atoms with E-state index in [9.17, 15) is 4.79 Å². The molecule has 0 aliphatic rings. The van der Waals surface area contributed by atoms with Crippen molar-refractivity contribution in [2.75, 3.05) is 6.54 Å². The minimum Gasteiger partial charge on any atom is -0.328 e. The van der Waals surface area contributed by atoms with Crippen LogP contribution >= 0.6 is 0 Å². The number of fused-ring (bicyclic) bond motifs is 1. The molecule has 2 rings (SSSR count). The second-order valence-electron chi connectivity index (χ2n) is 5.57. The molecule has 114 valence electrons. The van der Waals surface area contributed by atoms with Crippen molar-refractivity contribution in [1.82, 2.24) is 14.9 Å². The van der Waals surface area contributed by atoms with Gasteiger partial charge in [0.2, 0.25) is 0 Å². The normalized spacial score (nSPS) is 12.7. The van der Waals surface area contributed by atoms with Crippen molar-refractivity contribution in [3.8, 4) is 0 Å². The van der Waals surface area contributed by atoms with E-state index >= 15 is 0 Å². The maximum Gasteiger partial charge on any atom is 0.154 e. The first-order chi connectivity index (χ1) is 10.2. The van der Waals surface area contributed by atoms with Crippen molar-refractivity contribution in [3.05, 3.63) is 30.1 Å². The molecule has 0 aliphatic heterocycles. The SMILES string of the molecule is CCCn1c(CC(=O)CNC(C)CC)nc2ccccc21. The topological polar surface area (TPSA) is 46.9 Å². The van der Waals surface area contributed by atoms with E-state index in [0.717, 1.165) is 36.2 Å². The molecule has 1 unspecified atom stereocenters. The van der Waals surface area contributed by atoms with Gasteiger partial charge < -0.3 is 9.88 Å². The fourth-order valence-electron chi connectivity index (χ4n) is 2.40. The summed E-state index contributed by atoms with van der Waals surface area (Å²) in [6.07, 6.45) is 2.46. The Bertz CT molecular complexity index is 603. The molecule has 1 aromatic heterocycles. The van der Waals surface area contributed by atoms with Gasteiger partial charge in [0.25, 0.3) is 0 Å². The molecule has 1 aromatic carbocycles. The highest BCUT2D eigenvalue weighted by Crippen LogP contribution is 2.17. The number of carbonyl (C=O) groups excluding carboxylic acids is 1. The van der Waals surface area contributed by atoms with E-state index in [1.165, 1.54) is 0 Å². The maximum absolute atomic E-state index is 12.2. The number of nitrogens with one attached hydrogen (secondary N) is 1. The van der Waals surface area contributed by atoms with E-state index in [-0.39, 0.29) is 5.78 Å². The first-order valence-corrected chi connectivity index (χ1v) is 7.84. The monoisotopic (exact) mass is 287 g/mol. The van der Waals surface area contributed by atoms with Crippen molar-refractivity contribution in [2.24, 2.45) is 0 Å². The van der Waals surface area contributed by atoms with E-state index < -0.39 is 0 Å². The second-order valence-corrected chi connectivity index (χ2v) is 5.57. The minimum absolute atomic E-state index is 0.197. The lowest BCUT2D eigenvalue weighted by atomic mass is 10.2. The van der Waals surface area contributed by atoms with Gasteiger partial charge in [-0.05, 0) is 31.9 Å². The number of hydrogen-bond acceptors (Lipinski definition) is 3. The Balaban J connectivity index is 2.13. The number of rotatable bonds is 8. The highest BCUT2D eigenvalue weighted by Gasteiger charge is 2.13. The van der Waals surface area contributed by atoms with E-state index in [0.29, 0.717) is 19.0 Å². The first kappa shape index (κ1) is 15.7. The zero-order valence-corrected chi connectivity index (χ0v) is 13.2. The molecule has 0 bridgehead atoms. The number of ketones is 1. The second kappa shape index (κ2) is 7.36. The van der Waals surface area contributed by atoms with Crippen molar-refractivity contribution in [2.45, 2.75) is 52.6 Å². The third-order valence-corrected chi connectivity index (χ3v) is 3.80. The summed E-state index contributed by atoms with van der Waals surface area (Å²) in [6.45, 7) is 7.68. The number of hydrogen-bond donors (Lipinski definition) is 1. The van der Waals surface area contributed by atoms with E-state index in [2.05, 4.69) is 41.7 Å². The van der Waals surface area contributed by atoms with Crippen LogP contribution in [0.25, 0.3) is 11.0 Å². The van der Waals surface area contributed by atoms with Crippen LogP contribution in [-0.4, -0.2) is 27.9 Å². The predicted molar refractivity (Wildman–Crippen MR) is 86.5 cm³/mol. The van der Waals surface area contributed by atoms with Crippen LogP contribution in [0.5, 0.6) is 0 Å². The number of carbonyl (C=O) groups is 1. The van der Waals surface area contributed by atoms with Gasteiger partial charge in [-0.15, -0.1) is 0 Å². The Morgan fingerprint density at radius 3 is 2.81 bits per heavy atom. The van der Waals surface area contributed by atoms with Gasteiger partial charge in [0, 0.05) is 12.6 Å². The van der Waals surface area contributed by atoms with Crippen LogP contribution in [0, 0.1) is 0 Å². The van der Waals surface area contributed by atoms with Crippen molar-refractivity contribution < 1.29 is 4.79 Å². The fraction of sp³-hybridized carbons (Fsp3) is 0.529. The van der Waals surface area contributed by atoms with Crippen molar-refractivity contribution in [3.63, 3.8) is 0 Å². The van der Waals surface area contributed by atoms with Gasteiger partial charge in [-0.1, -0.05) is 26.0 Å². The molecule has 0 spiro atoms. The van der Waals surface area contributed by atoms with E-state index in [1.54, 1.807) is 0 Å². The third-order valence-electron chi connectivity index (χ3n) is 3.80. The molecule has 4 heteroatoms. The standard InChI is InChI=1S/C17H25N3O/c1-4-10-20-16-9-7-6-8-15(16)19-17(20)11-14(21)12-18-13(3)5-2/h6-9,13,18H,4-5,10-12H2,1-3H3. The van der Waals surface area contributed by atoms with Gasteiger partial charge in [-0.25, -0.2) is 4.98 Å². The highest BCUT2D eigenvalue weighted by molar-refractivity contribution is 5.84. The molecule has 0 saturated carbocycles. The lowest BCUT2D eigenvalue weighted by molar-refractivity contribution is -0.117. The van der Waals surface area contributed by atoms with Crippen LogP contribution in [0.15, 0.2) is 24.3 Å². The predicted octanol–water partition coefficient (Wildman–Crippen LogP) is 2.95. The molecule has 0 aliphatic carbocycles. The number of benzene rings is 1. The summed E-state index contributed by atoms with van der Waals surface area (Å²) in [4.78, 5) is 16.8. The third kappa shape index (κ3) is 3.91. The average molecular weight is 287 g/mol. The fourth-order valence-corrected chi connectivity index (χ4v) is 2.40. The number of aromatic nitrogens is 2. The summed E-state index contributed by atoms with van der Waals surface area (Å²) in [7, 11) is 0. The average Bonchev–Trinajstić information content (AvgIpc) is 2.83. The summed E-state index contributed by atoms with van der Waals surface area (Å²) < 4.78 is 2.18. The van der Waals surface area contributed by atoms with Crippen LogP contribution in [-0.2, 0) is 17.8 Å². The summed E-state index contributed by atoms with van der Waals surface area (Å²) >= 11 is 0.